The fraction of sp³-hybridized carbons (Fsp3) is 0.259. The highest BCUT2D eigenvalue weighted by Gasteiger charge is 2.38. The normalized spacial score (nSPS) is 15.7. The first-order valence-electron chi connectivity index (χ1n) is 11.0. The number of hydrogen-bond donors (Lipinski definition) is 2. The average Bonchev–Trinajstić information content (AvgIpc) is 3.12. The van der Waals surface area contributed by atoms with E-state index in [1.54, 1.807) is 26.2 Å². The van der Waals surface area contributed by atoms with Crippen molar-refractivity contribution in [1.82, 2.24) is 9.80 Å². The van der Waals surface area contributed by atoms with Gasteiger partial charge in [-0.1, -0.05) is 48.5 Å². The number of carbonyl (C=O) groups excluding carboxylic acids is 2. The summed E-state index contributed by atoms with van der Waals surface area (Å²) in [6, 6.07) is 23.5. The Morgan fingerprint density at radius 3 is 2.42 bits per heavy atom. The molecule has 3 aromatic rings. The topological polar surface area (TPSA) is 64.7 Å². The third-order valence-corrected chi connectivity index (χ3v) is 5.82. The van der Waals surface area contributed by atoms with Crippen molar-refractivity contribution in [3.05, 3.63) is 95.1 Å². The molecule has 1 aliphatic rings. The lowest BCUT2D eigenvalue weighted by Gasteiger charge is -2.26. The Morgan fingerprint density at radius 1 is 0.970 bits per heavy atom. The molecule has 2 unspecified atom stereocenters. The van der Waals surface area contributed by atoms with E-state index in [9.17, 15) is 9.59 Å². The molecule has 1 aliphatic heterocycles. The van der Waals surface area contributed by atoms with Crippen molar-refractivity contribution in [2.75, 3.05) is 38.8 Å². The zero-order valence-electron chi connectivity index (χ0n) is 19.5. The molecular formula is C27H30N4O2. The Hall–Kier alpha value is -3.64. The van der Waals surface area contributed by atoms with Gasteiger partial charge in [0.25, 0.3) is 5.91 Å². The molecule has 6 nitrogen and oxygen atoms in total. The van der Waals surface area contributed by atoms with Gasteiger partial charge in [0.2, 0.25) is 5.91 Å². The van der Waals surface area contributed by atoms with Crippen LogP contribution >= 0.6 is 0 Å². The van der Waals surface area contributed by atoms with E-state index < -0.39 is 5.92 Å². The summed E-state index contributed by atoms with van der Waals surface area (Å²) in [6.45, 7) is 0.834. The van der Waals surface area contributed by atoms with Crippen LogP contribution < -0.4 is 10.6 Å². The van der Waals surface area contributed by atoms with Crippen LogP contribution in [0.2, 0.25) is 0 Å². The number of carbonyl (C=O) groups is 2. The molecule has 0 aromatic heterocycles. The maximum Gasteiger partial charge on any atom is 0.253 e. The van der Waals surface area contributed by atoms with Crippen LogP contribution in [-0.4, -0.2) is 49.8 Å². The molecule has 6 heteroatoms. The molecular weight excluding hydrogens is 412 g/mol. The molecule has 0 saturated carbocycles. The fourth-order valence-electron chi connectivity index (χ4n) is 4.33. The molecule has 1 heterocycles. The van der Waals surface area contributed by atoms with Crippen LogP contribution in [0, 0.1) is 0 Å². The van der Waals surface area contributed by atoms with E-state index in [-0.39, 0.29) is 17.9 Å². The van der Waals surface area contributed by atoms with Gasteiger partial charge in [-0.25, -0.2) is 0 Å². The molecule has 2 amide bonds. The van der Waals surface area contributed by atoms with E-state index in [0.717, 1.165) is 23.4 Å². The smallest absolute Gasteiger partial charge is 0.253 e. The number of fused-ring (bicyclic) bond motifs is 1. The molecule has 0 saturated heterocycles. The van der Waals surface area contributed by atoms with Crippen LogP contribution in [0.15, 0.2) is 72.8 Å². The highest BCUT2D eigenvalue weighted by Crippen LogP contribution is 2.42. The number of amides is 2. The summed E-state index contributed by atoms with van der Waals surface area (Å²) >= 11 is 0. The lowest BCUT2D eigenvalue weighted by Crippen LogP contribution is -2.25. The number of nitrogens with one attached hydrogen (secondary N) is 2. The predicted molar refractivity (Wildman–Crippen MR) is 132 cm³/mol. The van der Waals surface area contributed by atoms with Gasteiger partial charge in [-0.2, -0.15) is 0 Å². The van der Waals surface area contributed by atoms with E-state index in [1.807, 2.05) is 62.6 Å². The van der Waals surface area contributed by atoms with E-state index in [4.69, 9.17) is 0 Å². The van der Waals surface area contributed by atoms with Crippen LogP contribution in [0.1, 0.15) is 39.0 Å². The van der Waals surface area contributed by atoms with Crippen molar-refractivity contribution in [3.63, 3.8) is 0 Å². The summed E-state index contributed by atoms with van der Waals surface area (Å²) in [5, 5.41) is 6.62. The van der Waals surface area contributed by atoms with Gasteiger partial charge in [-0.3, -0.25) is 9.59 Å². The Morgan fingerprint density at radius 2 is 1.73 bits per heavy atom. The van der Waals surface area contributed by atoms with Gasteiger partial charge in [-0.05, 0) is 55.1 Å². The number of rotatable bonds is 7. The van der Waals surface area contributed by atoms with Gasteiger partial charge in [0.1, 0.15) is 0 Å². The van der Waals surface area contributed by atoms with Crippen molar-refractivity contribution in [2.24, 2.45) is 0 Å². The molecule has 2 N–H and O–H groups in total. The molecule has 33 heavy (non-hydrogen) atoms. The SMILES string of the molecule is CN(C)Cc1cccc(NC(c2ccccc2)C2C(=O)Nc3cc(C(=O)N(C)C)ccc32)c1. The molecule has 0 radical (unpaired) electrons. The van der Waals surface area contributed by atoms with Crippen LogP contribution in [0.5, 0.6) is 0 Å². The molecule has 4 rings (SSSR count). The standard InChI is InChI=1S/C27H30N4O2/c1-30(2)17-18-9-8-12-21(15-18)28-25(19-10-6-5-7-11-19)24-22-14-13-20(27(33)31(3)4)16-23(22)29-26(24)32/h5-16,24-25,28H,17H2,1-4H3,(H,29,32). The number of hydrogen-bond acceptors (Lipinski definition) is 4. The van der Waals surface area contributed by atoms with E-state index in [0.29, 0.717) is 11.3 Å². The second kappa shape index (κ2) is 9.46. The maximum absolute atomic E-state index is 13.2. The lowest BCUT2D eigenvalue weighted by atomic mass is 9.87. The van der Waals surface area contributed by atoms with Crippen molar-refractivity contribution >= 4 is 23.2 Å². The Kier molecular flexibility index (Phi) is 6.47. The highest BCUT2D eigenvalue weighted by molar-refractivity contribution is 6.05. The van der Waals surface area contributed by atoms with Gasteiger partial charge in [0, 0.05) is 37.6 Å². The second-order valence-electron chi connectivity index (χ2n) is 8.94. The van der Waals surface area contributed by atoms with Crippen LogP contribution in [-0.2, 0) is 11.3 Å². The minimum absolute atomic E-state index is 0.0785. The third-order valence-electron chi connectivity index (χ3n) is 5.82. The van der Waals surface area contributed by atoms with Crippen molar-refractivity contribution in [2.45, 2.75) is 18.5 Å². The number of nitrogens with zero attached hydrogens (tertiary/aromatic N) is 2. The van der Waals surface area contributed by atoms with Crippen LogP contribution in [0.25, 0.3) is 0 Å². The van der Waals surface area contributed by atoms with Gasteiger partial charge in [0.15, 0.2) is 0 Å². The average molecular weight is 443 g/mol. The van der Waals surface area contributed by atoms with Gasteiger partial charge >= 0.3 is 0 Å². The first kappa shape index (κ1) is 22.6. The second-order valence-corrected chi connectivity index (χ2v) is 8.94. The molecule has 0 spiro atoms. The fourth-order valence-corrected chi connectivity index (χ4v) is 4.33. The Labute approximate surface area is 195 Å². The van der Waals surface area contributed by atoms with Crippen molar-refractivity contribution in [3.8, 4) is 0 Å². The monoisotopic (exact) mass is 442 g/mol. The zero-order valence-corrected chi connectivity index (χ0v) is 19.5. The van der Waals surface area contributed by atoms with Gasteiger partial charge in [0.05, 0.1) is 12.0 Å². The third kappa shape index (κ3) is 4.91. The molecule has 0 aliphatic carbocycles. The van der Waals surface area contributed by atoms with Crippen molar-refractivity contribution in [1.29, 1.82) is 0 Å². The summed E-state index contributed by atoms with van der Waals surface area (Å²) in [6.07, 6.45) is 0. The maximum atomic E-state index is 13.2. The Balaban J connectivity index is 1.71. The summed E-state index contributed by atoms with van der Waals surface area (Å²) in [4.78, 5) is 29.3. The largest absolute Gasteiger partial charge is 0.377 e. The van der Waals surface area contributed by atoms with Gasteiger partial charge < -0.3 is 20.4 Å². The van der Waals surface area contributed by atoms with Crippen LogP contribution in [0.3, 0.4) is 0 Å². The summed E-state index contributed by atoms with van der Waals surface area (Å²) in [7, 11) is 7.53. The molecule has 170 valence electrons. The minimum atomic E-state index is -0.427. The first-order valence-corrected chi connectivity index (χ1v) is 11.0. The van der Waals surface area contributed by atoms with Crippen molar-refractivity contribution < 1.29 is 9.59 Å². The quantitative estimate of drug-likeness (QED) is 0.571. The number of benzene rings is 3. The zero-order chi connectivity index (χ0) is 23.5. The van der Waals surface area contributed by atoms with E-state index in [1.165, 1.54) is 10.5 Å². The number of anilines is 2. The molecule has 3 aromatic carbocycles. The highest BCUT2D eigenvalue weighted by atomic mass is 16.2. The molecule has 0 bridgehead atoms. The van der Waals surface area contributed by atoms with E-state index in [2.05, 4.69) is 27.7 Å². The van der Waals surface area contributed by atoms with E-state index >= 15 is 0 Å². The first-order chi connectivity index (χ1) is 15.8. The summed E-state index contributed by atoms with van der Waals surface area (Å²) < 4.78 is 0. The molecule has 0 fully saturated rings. The minimum Gasteiger partial charge on any atom is -0.377 e. The summed E-state index contributed by atoms with van der Waals surface area (Å²) in [5.41, 5.74) is 5.32. The lowest BCUT2D eigenvalue weighted by molar-refractivity contribution is -0.117. The van der Waals surface area contributed by atoms with Gasteiger partial charge in [-0.15, -0.1) is 0 Å². The Bertz CT molecular complexity index is 1160. The summed E-state index contributed by atoms with van der Waals surface area (Å²) in [5.74, 6) is -0.598. The predicted octanol–water partition coefficient (Wildman–Crippen LogP) is 4.34. The van der Waals surface area contributed by atoms with Crippen LogP contribution in [0.4, 0.5) is 11.4 Å². The molecule has 2 atom stereocenters.